The molecule has 0 atom stereocenters. The molecule has 0 saturated heterocycles. The van der Waals surface area contributed by atoms with Gasteiger partial charge in [0.2, 0.25) is 0 Å². The number of carbonyl (C=O) groups is 1. The molecule has 0 heterocycles. The van der Waals surface area contributed by atoms with Crippen molar-refractivity contribution in [2.45, 2.75) is 6.54 Å². The van der Waals surface area contributed by atoms with Gasteiger partial charge in [0.25, 0.3) is 5.91 Å². The van der Waals surface area contributed by atoms with Gasteiger partial charge in [0.1, 0.15) is 11.6 Å². The second-order valence-corrected chi connectivity index (χ2v) is 5.37. The molecule has 1 amide bonds. The molecule has 0 radical (unpaired) electrons. The molecule has 0 aliphatic rings. The molecule has 0 fully saturated rings. The number of para-hydroxylation sites is 1. The molecule has 110 valence electrons. The highest BCUT2D eigenvalue weighted by Gasteiger charge is 2.18. The van der Waals surface area contributed by atoms with Crippen LogP contribution in [-0.2, 0) is 6.54 Å². The number of hydrogen-bond donors (Lipinski definition) is 0. The fourth-order valence-electron chi connectivity index (χ4n) is 2.04. The van der Waals surface area contributed by atoms with Crippen LogP contribution in [0.1, 0.15) is 15.9 Å². The highest BCUT2D eigenvalue weighted by atomic mass is 79.9. The Morgan fingerprint density at radius 2 is 1.95 bits per heavy atom. The molecule has 0 N–H and O–H groups in total. The van der Waals surface area contributed by atoms with Gasteiger partial charge in [0, 0.05) is 19.2 Å². The maximum Gasteiger partial charge on any atom is 0.255 e. The van der Waals surface area contributed by atoms with Gasteiger partial charge in [0.15, 0.2) is 0 Å². The molecule has 0 bridgehead atoms. The van der Waals surface area contributed by atoms with Crippen LogP contribution in [0.5, 0.6) is 5.75 Å². The molecule has 5 heteroatoms. The highest BCUT2D eigenvalue weighted by Crippen LogP contribution is 2.23. The number of hydrogen-bond acceptors (Lipinski definition) is 2. The van der Waals surface area contributed by atoms with Gasteiger partial charge in [-0.1, -0.05) is 24.3 Å². The summed E-state index contributed by atoms with van der Waals surface area (Å²) in [5.41, 5.74) is 1.19. The van der Waals surface area contributed by atoms with Crippen molar-refractivity contribution in [1.29, 1.82) is 0 Å². The lowest BCUT2D eigenvalue weighted by Gasteiger charge is -2.19. The van der Waals surface area contributed by atoms with E-state index >= 15 is 0 Å². The first-order chi connectivity index (χ1) is 10.0. The minimum Gasteiger partial charge on any atom is -0.496 e. The topological polar surface area (TPSA) is 29.5 Å². The molecule has 0 saturated carbocycles. The number of amides is 1. The minimum absolute atomic E-state index is 0.182. The number of benzene rings is 2. The Morgan fingerprint density at radius 1 is 1.24 bits per heavy atom. The third-order valence-corrected chi connectivity index (χ3v) is 3.93. The zero-order valence-corrected chi connectivity index (χ0v) is 13.4. The maximum atomic E-state index is 13.5. The summed E-state index contributed by atoms with van der Waals surface area (Å²) in [7, 11) is 3.26. The summed E-state index contributed by atoms with van der Waals surface area (Å²) in [4.78, 5) is 13.9. The van der Waals surface area contributed by atoms with Crippen molar-refractivity contribution in [3.63, 3.8) is 0 Å². The number of halogens is 2. The van der Waals surface area contributed by atoms with E-state index in [1.807, 2.05) is 24.3 Å². The fraction of sp³-hybridized carbons (Fsp3) is 0.188. The average molecular weight is 352 g/mol. The van der Waals surface area contributed by atoms with Crippen LogP contribution in [0.4, 0.5) is 4.39 Å². The molecule has 2 rings (SSSR count). The first kappa shape index (κ1) is 15.5. The summed E-state index contributed by atoms with van der Waals surface area (Å²) < 4.78 is 19.0. The number of rotatable bonds is 4. The first-order valence-corrected chi connectivity index (χ1v) is 7.15. The average Bonchev–Trinajstić information content (AvgIpc) is 2.50. The third-order valence-electron chi connectivity index (χ3n) is 3.13. The van der Waals surface area contributed by atoms with Crippen molar-refractivity contribution in [3.05, 3.63) is 63.9 Å². The SMILES string of the molecule is COc1ccccc1CN(C)C(=O)c1cccc(F)c1Br. The van der Waals surface area contributed by atoms with E-state index in [9.17, 15) is 9.18 Å². The van der Waals surface area contributed by atoms with Gasteiger partial charge in [-0.2, -0.15) is 0 Å². The van der Waals surface area contributed by atoms with Crippen LogP contribution in [0, 0.1) is 5.82 Å². The standard InChI is InChI=1S/C16H15BrFNO2/c1-19(10-11-6-3-4-9-14(11)21-2)16(20)12-7-5-8-13(18)15(12)17/h3-9H,10H2,1-2H3. The number of carbonyl (C=O) groups excluding carboxylic acids is 1. The van der Waals surface area contributed by atoms with E-state index in [-0.39, 0.29) is 10.4 Å². The van der Waals surface area contributed by atoms with E-state index in [4.69, 9.17) is 4.74 Å². The van der Waals surface area contributed by atoms with Gasteiger partial charge in [-0.3, -0.25) is 4.79 Å². The van der Waals surface area contributed by atoms with Crippen molar-refractivity contribution in [2.24, 2.45) is 0 Å². The Morgan fingerprint density at radius 3 is 2.67 bits per heavy atom. The van der Waals surface area contributed by atoms with E-state index in [1.165, 1.54) is 17.0 Å². The molecule has 21 heavy (non-hydrogen) atoms. The van der Waals surface area contributed by atoms with Crippen LogP contribution in [-0.4, -0.2) is 25.0 Å². The van der Waals surface area contributed by atoms with Gasteiger partial charge in [0.05, 0.1) is 17.1 Å². The van der Waals surface area contributed by atoms with Crippen LogP contribution in [0.3, 0.4) is 0 Å². The molecule has 0 unspecified atom stereocenters. The molecular weight excluding hydrogens is 337 g/mol. The molecule has 0 spiro atoms. The van der Waals surface area contributed by atoms with Crippen molar-refractivity contribution >= 4 is 21.8 Å². The molecule has 2 aromatic carbocycles. The van der Waals surface area contributed by atoms with Gasteiger partial charge >= 0.3 is 0 Å². The van der Waals surface area contributed by atoms with E-state index < -0.39 is 5.82 Å². The molecule has 3 nitrogen and oxygen atoms in total. The summed E-state index contributed by atoms with van der Waals surface area (Å²) in [5.74, 6) is 0.00859. The highest BCUT2D eigenvalue weighted by molar-refractivity contribution is 9.10. The Balaban J connectivity index is 2.22. The van der Waals surface area contributed by atoms with E-state index in [0.717, 1.165) is 11.3 Å². The molecule has 0 aromatic heterocycles. The van der Waals surface area contributed by atoms with Crippen LogP contribution in [0.25, 0.3) is 0 Å². The summed E-state index contributed by atoms with van der Waals surface area (Å²) in [6, 6.07) is 11.9. The van der Waals surface area contributed by atoms with Crippen LogP contribution >= 0.6 is 15.9 Å². The Labute approximate surface area is 131 Å². The molecular formula is C16H15BrFNO2. The first-order valence-electron chi connectivity index (χ1n) is 6.36. The monoisotopic (exact) mass is 351 g/mol. The fourth-order valence-corrected chi connectivity index (χ4v) is 2.47. The summed E-state index contributed by atoms with van der Waals surface area (Å²) in [6.07, 6.45) is 0. The van der Waals surface area contributed by atoms with Gasteiger partial charge in [-0.15, -0.1) is 0 Å². The zero-order chi connectivity index (χ0) is 15.4. The number of ether oxygens (including phenoxy) is 1. The predicted molar refractivity (Wildman–Crippen MR) is 82.9 cm³/mol. The zero-order valence-electron chi connectivity index (χ0n) is 11.8. The van der Waals surface area contributed by atoms with Gasteiger partial charge < -0.3 is 9.64 Å². The lowest BCUT2D eigenvalue weighted by molar-refractivity contribution is 0.0782. The summed E-state index contributed by atoms with van der Waals surface area (Å²) in [6.45, 7) is 0.381. The van der Waals surface area contributed by atoms with Gasteiger partial charge in [-0.05, 0) is 34.1 Å². The normalized spacial score (nSPS) is 10.3. The maximum absolute atomic E-state index is 13.5. The third kappa shape index (κ3) is 3.42. The Hall–Kier alpha value is -1.88. The molecule has 0 aliphatic heterocycles. The lowest BCUT2D eigenvalue weighted by Crippen LogP contribution is -2.26. The Kier molecular flexibility index (Phi) is 4.96. The van der Waals surface area contributed by atoms with Crippen molar-refractivity contribution in [1.82, 2.24) is 4.90 Å². The van der Waals surface area contributed by atoms with E-state index in [0.29, 0.717) is 12.1 Å². The smallest absolute Gasteiger partial charge is 0.255 e. The summed E-state index contributed by atoms with van der Waals surface area (Å²) in [5, 5.41) is 0. The van der Waals surface area contributed by atoms with Crippen molar-refractivity contribution < 1.29 is 13.9 Å². The number of nitrogens with zero attached hydrogens (tertiary/aromatic N) is 1. The minimum atomic E-state index is -0.452. The van der Waals surface area contributed by atoms with Crippen LogP contribution in [0.2, 0.25) is 0 Å². The predicted octanol–water partition coefficient (Wildman–Crippen LogP) is 3.87. The number of methoxy groups -OCH3 is 1. The Bertz CT molecular complexity index is 660. The lowest BCUT2D eigenvalue weighted by atomic mass is 10.1. The van der Waals surface area contributed by atoms with E-state index in [1.54, 1.807) is 20.2 Å². The molecule has 2 aromatic rings. The second-order valence-electron chi connectivity index (χ2n) is 4.57. The van der Waals surface area contributed by atoms with Crippen LogP contribution < -0.4 is 4.74 Å². The van der Waals surface area contributed by atoms with Gasteiger partial charge in [-0.25, -0.2) is 4.39 Å². The summed E-state index contributed by atoms with van der Waals surface area (Å²) >= 11 is 3.12. The van der Waals surface area contributed by atoms with Crippen molar-refractivity contribution in [2.75, 3.05) is 14.2 Å². The molecule has 0 aliphatic carbocycles. The quantitative estimate of drug-likeness (QED) is 0.836. The van der Waals surface area contributed by atoms with E-state index in [2.05, 4.69) is 15.9 Å². The van der Waals surface area contributed by atoms with Crippen molar-refractivity contribution in [3.8, 4) is 5.75 Å². The second kappa shape index (κ2) is 6.72. The van der Waals surface area contributed by atoms with Crippen LogP contribution in [0.15, 0.2) is 46.9 Å². The largest absolute Gasteiger partial charge is 0.496 e.